The van der Waals surface area contributed by atoms with Crippen LogP contribution in [0.4, 0.5) is 5.69 Å². The van der Waals surface area contributed by atoms with Gasteiger partial charge in [-0.2, -0.15) is 0 Å². The lowest BCUT2D eigenvalue weighted by atomic mass is 10.1. The van der Waals surface area contributed by atoms with Crippen molar-refractivity contribution in [2.45, 2.75) is 13.8 Å². The molecule has 2 nitrogen and oxygen atoms in total. The van der Waals surface area contributed by atoms with Crippen molar-refractivity contribution in [2.75, 3.05) is 5.73 Å². The number of nitrogens with zero attached hydrogens (tertiary/aromatic N) is 1. The first-order valence-electron chi connectivity index (χ1n) is 6.52. The molecule has 0 bridgehead atoms. The molecule has 0 aliphatic heterocycles. The Hall–Kier alpha value is -2.13. The Kier molecular flexibility index (Phi) is 3.28. The van der Waals surface area contributed by atoms with Crippen LogP contribution in [0, 0.1) is 13.8 Å². The molecule has 0 unspecified atom stereocenters. The number of rotatable bonds is 2. The van der Waals surface area contributed by atoms with Gasteiger partial charge >= 0.3 is 0 Å². The predicted octanol–water partition coefficient (Wildman–Crippen LogP) is 4.68. The summed E-state index contributed by atoms with van der Waals surface area (Å²) < 4.78 is 0. The molecule has 0 aliphatic rings. The van der Waals surface area contributed by atoms with Gasteiger partial charge in [0.05, 0.1) is 5.69 Å². The molecular formula is C17H16N2S. The van der Waals surface area contributed by atoms with Crippen LogP contribution in [0.5, 0.6) is 0 Å². The van der Waals surface area contributed by atoms with Gasteiger partial charge in [-0.05, 0) is 31.5 Å². The minimum Gasteiger partial charge on any atom is -0.398 e. The number of aromatic nitrogens is 1. The van der Waals surface area contributed by atoms with Crippen molar-refractivity contribution in [3.05, 3.63) is 59.0 Å². The monoisotopic (exact) mass is 280 g/mol. The topological polar surface area (TPSA) is 38.9 Å². The number of aryl methyl sites for hydroxylation is 2. The van der Waals surface area contributed by atoms with Crippen LogP contribution >= 0.6 is 11.3 Å². The van der Waals surface area contributed by atoms with E-state index in [2.05, 4.69) is 42.6 Å². The number of hydrogen-bond acceptors (Lipinski definition) is 3. The van der Waals surface area contributed by atoms with Crippen LogP contribution in [0.2, 0.25) is 0 Å². The van der Waals surface area contributed by atoms with E-state index in [1.165, 1.54) is 11.1 Å². The van der Waals surface area contributed by atoms with Crippen molar-refractivity contribution in [3.8, 4) is 21.8 Å². The summed E-state index contributed by atoms with van der Waals surface area (Å²) >= 11 is 1.66. The van der Waals surface area contributed by atoms with E-state index < -0.39 is 0 Å². The number of thiazole rings is 1. The molecular weight excluding hydrogens is 264 g/mol. The van der Waals surface area contributed by atoms with Crippen molar-refractivity contribution in [1.82, 2.24) is 4.98 Å². The van der Waals surface area contributed by atoms with E-state index in [4.69, 9.17) is 10.7 Å². The zero-order valence-electron chi connectivity index (χ0n) is 11.6. The van der Waals surface area contributed by atoms with Gasteiger partial charge in [0.15, 0.2) is 0 Å². The van der Waals surface area contributed by atoms with Crippen molar-refractivity contribution >= 4 is 17.0 Å². The Labute approximate surface area is 122 Å². The van der Waals surface area contributed by atoms with Crippen molar-refractivity contribution in [1.29, 1.82) is 0 Å². The second-order valence-corrected chi connectivity index (χ2v) is 5.84. The average Bonchev–Trinajstić information content (AvgIpc) is 2.92. The second kappa shape index (κ2) is 5.10. The first-order valence-corrected chi connectivity index (χ1v) is 7.40. The van der Waals surface area contributed by atoms with Crippen LogP contribution in [0.1, 0.15) is 11.1 Å². The normalized spacial score (nSPS) is 10.7. The number of anilines is 1. The lowest BCUT2D eigenvalue weighted by molar-refractivity contribution is 1.38. The van der Waals surface area contributed by atoms with Crippen LogP contribution in [0.25, 0.3) is 21.8 Å². The Morgan fingerprint density at radius 3 is 2.60 bits per heavy atom. The smallest absolute Gasteiger partial charge is 0.124 e. The van der Waals surface area contributed by atoms with E-state index >= 15 is 0 Å². The Morgan fingerprint density at radius 1 is 1.00 bits per heavy atom. The van der Waals surface area contributed by atoms with E-state index in [1.807, 2.05) is 19.1 Å². The number of hydrogen-bond donors (Lipinski definition) is 1. The number of benzene rings is 2. The third-order valence-electron chi connectivity index (χ3n) is 3.34. The first-order chi connectivity index (χ1) is 9.63. The molecule has 0 radical (unpaired) electrons. The fraction of sp³-hybridized carbons (Fsp3) is 0.118. The van der Waals surface area contributed by atoms with Gasteiger partial charge in [-0.3, -0.25) is 0 Å². The quantitative estimate of drug-likeness (QED) is 0.692. The van der Waals surface area contributed by atoms with Gasteiger partial charge in [0, 0.05) is 22.2 Å². The van der Waals surface area contributed by atoms with Gasteiger partial charge in [0.1, 0.15) is 5.01 Å². The molecule has 0 fully saturated rings. The predicted molar refractivity (Wildman–Crippen MR) is 86.9 cm³/mol. The zero-order valence-corrected chi connectivity index (χ0v) is 12.4. The molecule has 20 heavy (non-hydrogen) atoms. The van der Waals surface area contributed by atoms with E-state index in [9.17, 15) is 0 Å². The highest BCUT2D eigenvalue weighted by molar-refractivity contribution is 7.13. The Balaban J connectivity index is 1.99. The molecule has 0 spiro atoms. The lowest BCUT2D eigenvalue weighted by Crippen LogP contribution is -1.90. The molecule has 3 heteroatoms. The van der Waals surface area contributed by atoms with Gasteiger partial charge in [0.2, 0.25) is 0 Å². The summed E-state index contributed by atoms with van der Waals surface area (Å²) in [6.07, 6.45) is 0. The summed E-state index contributed by atoms with van der Waals surface area (Å²) in [7, 11) is 0. The zero-order chi connectivity index (χ0) is 14.1. The number of nitrogen functional groups attached to an aromatic ring is 1. The van der Waals surface area contributed by atoms with Crippen LogP contribution in [-0.4, -0.2) is 4.98 Å². The van der Waals surface area contributed by atoms with E-state index in [0.717, 1.165) is 27.5 Å². The van der Waals surface area contributed by atoms with Crippen LogP contribution in [0.3, 0.4) is 0 Å². The highest BCUT2D eigenvalue weighted by atomic mass is 32.1. The Bertz CT molecular complexity index is 759. The van der Waals surface area contributed by atoms with E-state index in [1.54, 1.807) is 11.3 Å². The maximum absolute atomic E-state index is 5.97. The van der Waals surface area contributed by atoms with Gasteiger partial charge in [0.25, 0.3) is 0 Å². The Morgan fingerprint density at radius 2 is 1.85 bits per heavy atom. The molecule has 1 aromatic heterocycles. The third kappa shape index (κ3) is 2.45. The largest absolute Gasteiger partial charge is 0.398 e. The first kappa shape index (κ1) is 12.9. The lowest BCUT2D eigenvalue weighted by Gasteiger charge is -2.02. The summed E-state index contributed by atoms with van der Waals surface area (Å²) in [5.74, 6) is 0. The van der Waals surface area contributed by atoms with Gasteiger partial charge in [-0.1, -0.05) is 35.9 Å². The average molecular weight is 280 g/mol. The summed E-state index contributed by atoms with van der Waals surface area (Å²) in [6, 6.07) is 14.5. The highest BCUT2D eigenvalue weighted by Crippen LogP contribution is 2.30. The third-order valence-corrected chi connectivity index (χ3v) is 4.24. The van der Waals surface area contributed by atoms with Crippen LogP contribution in [0.15, 0.2) is 47.8 Å². The molecule has 0 saturated heterocycles. The molecule has 3 rings (SSSR count). The standard InChI is InChI=1S/C17H16N2S/c1-11-4-3-5-14(8-11)17-19-16(10-20-17)13-7-6-12(2)15(18)9-13/h3-10H,18H2,1-2H3. The minimum absolute atomic E-state index is 0.813. The maximum atomic E-state index is 5.97. The highest BCUT2D eigenvalue weighted by Gasteiger charge is 2.07. The van der Waals surface area contributed by atoms with E-state index in [0.29, 0.717) is 0 Å². The van der Waals surface area contributed by atoms with Crippen LogP contribution < -0.4 is 5.73 Å². The number of nitrogens with two attached hydrogens (primary N) is 1. The molecule has 0 atom stereocenters. The van der Waals surface area contributed by atoms with Crippen molar-refractivity contribution in [3.63, 3.8) is 0 Å². The molecule has 2 aromatic carbocycles. The fourth-order valence-electron chi connectivity index (χ4n) is 2.12. The molecule has 0 saturated carbocycles. The maximum Gasteiger partial charge on any atom is 0.124 e. The van der Waals surface area contributed by atoms with Crippen molar-refractivity contribution in [2.24, 2.45) is 0 Å². The van der Waals surface area contributed by atoms with Crippen LogP contribution in [-0.2, 0) is 0 Å². The van der Waals surface area contributed by atoms with Gasteiger partial charge in [-0.15, -0.1) is 11.3 Å². The molecule has 2 N–H and O–H groups in total. The molecule has 0 amide bonds. The van der Waals surface area contributed by atoms with E-state index in [-0.39, 0.29) is 0 Å². The summed E-state index contributed by atoms with van der Waals surface area (Å²) in [6.45, 7) is 4.11. The molecule has 1 heterocycles. The molecule has 3 aromatic rings. The summed E-state index contributed by atoms with van der Waals surface area (Å²) in [4.78, 5) is 4.73. The summed E-state index contributed by atoms with van der Waals surface area (Å²) in [5.41, 5.74) is 12.4. The van der Waals surface area contributed by atoms with Gasteiger partial charge in [-0.25, -0.2) is 4.98 Å². The summed E-state index contributed by atoms with van der Waals surface area (Å²) in [5, 5.41) is 3.13. The SMILES string of the molecule is Cc1cccc(-c2nc(-c3ccc(C)c(N)c3)cs2)c1. The molecule has 0 aliphatic carbocycles. The second-order valence-electron chi connectivity index (χ2n) is 4.98. The fourth-order valence-corrected chi connectivity index (χ4v) is 2.94. The molecule has 100 valence electrons. The minimum atomic E-state index is 0.813. The van der Waals surface area contributed by atoms with Gasteiger partial charge < -0.3 is 5.73 Å². The van der Waals surface area contributed by atoms with Crippen molar-refractivity contribution < 1.29 is 0 Å².